The van der Waals surface area contributed by atoms with Gasteiger partial charge in [0.25, 0.3) is 0 Å². The first-order chi connectivity index (χ1) is 27.7. The van der Waals surface area contributed by atoms with Crippen LogP contribution < -0.4 is 0 Å². The van der Waals surface area contributed by atoms with Crippen molar-refractivity contribution in [1.82, 2.24) is 0 Å². The minimum atomic E-state index is 1.23. The maximum Gasteiger partial charge on any atom is 0.0361 e. The van der Waals surface area contributed by atoms with Crippen molar-refractivity contribution in [3.05, 3.63) is 194 Å². The van der Waals surface area contributed by atoms with Gasteiger partial charge in [0, 0.05) is 40.3 Å². The summed E-state index contributed by atoms with van der Waals surface area (Å²) in [6.45, 7) is 0. The fraction of sp³-hybridized carbons (Fsp3) is 0. The Morgan fingerprint density at radius 3 is 1.05 bits per heavy atom. The summed E-state index contributed by atoms with van der Waals surface area (Å²) in [5, 5.41) is 13.1. The lowest BCUT2D eigenvalue weighted by atomic mass is 9.89. The molecule has 0 fully saturated rings. The van der Waals surface area contributed by atoms with E-state index in [2.05, 4.69) is 194 Å². The van der Waals surface area contributed by atoms with E-state index < -0.39 is 0 Å². The van der Waals surface area contributed by atoms with Gasteiger partial charge in [-0.3, -0.25) is 0 Å². The minimum absolute atomic E-state index is 1.23. The number of hydrogen-bond acceptors (Lipinski definition) is 2. The fourth-order valence-electron chi connectivity index (χ4n) is 9.08. The number of benzene rings is 10. The number of fused-ring (bicyclic) bond motifs is 12. The van der Waals surface area contributed by atoms with Crippen molar-refractivity contribution in [2.45, 2.75) is 0 Å². The first-order valence-electron chi connectivity index (χ1n) is 19.2. The zero-order valence-electron chi connectivity index (χ0n) is 30.3. The highest BCUT2D eigenvalue weighted by molar-refractivity contribution is 7.26. The Labute approximate surface area is 332 Å². The Balaban J connectivity index is 0.978. The molecule has 260 valence electrons. The predicted octanol–water partition coefficient (Wildman–Crippen LogP) is 16.5. The van der Waals surface area contributed by atoms with Gasteiger partial charge in [-0.2, -0.15) is 0 Å². The molecular formula is C54H32S2. The average molecular weight is 745 g/mol. The van der Waals surface area contributed by atoms with Crippen molar-refractivity contribution in [3.63, 3.8) is 0 Å². The van der Waals surface area contributed by atoms with Crippen LogP contribution in [0.5, 0.6) is 0 Å². The van der Waals surface area contributed by atoms with Gasteiger partial charge >= 0.3 is 0 Å². The van der Waals surface area contributed by atoms with E-state index in [0.717, 1.165) is 0 Å². The van der Waals surface area contributed by atoms with E-state index in [4.69, 9.17) is 0 Å². The van der Waals surface area contributed by atoms with Gasteiger partial charge in [0.15, 0.2) is 0 Å². The Kier molecular flexibility index (Phi) is 7.07. The van der Waals surface area contributed by atoms with Crippen LogP contribution in [-0.2, 0) is 0 Å². The predicted molar refractivity (Wildman–Crippen MR) is 246 cm³/mol. The molecule has 0 N–H and O–H groups in total. The molecule has 2 aromatic heterocycles. The number of thiophene rings is 2. The molecule has 0 atom stereocenters. The molecule has 2 heteroatoms. The summed E-state index contributed by atoms with van der Waals surface area (Å²) in [5.74, 6) is 0. The highest BCUT2D eigenvalue weighted by Crippen LogP contribution is 2.44. The Morgan fingerprint density at radius 1 is 0.214 bits per heavy atom. The van der Waals surface area contributed by atoms with Crippen LogP contribution in [0.15, 0.2) is 194 Å². The van der Waals surface area contributed by atoms with Crippen LogP contribution >= 0.6 is 22.7 Å². The van der Waals surface area contributed by atoms with Crippen LogP contribution in [-0.4, -0.2) is 0 Å². The van der Waals surface area contributed by atoms with Gasteiger partial charge in [-0.05, 0) is 125 Å². The molecule has 0 aliphatic heterocycles. The van der Waals surface area contributed by atoms with E-state index in [1.165, 1.54) is 117 Å². The molecule has 10 aromatic carbocycles. The molecule has 12 rings (SSSR count). The van der Waals surface area contributed by atoms with Crippen molar-refractivity contribution in [2.75, 3.05) is 0 Å². The third-order valence-electron chi connectivity index (χ3n) is 11.7. The van der Waals surface area contributed by atoms with E-state index >= 15 is 0 Å². The third-order valence-corrected chi connectivity index (χ3v) is 13.9. The van der Waals surface area contributed by atoms with Crippen LogP contribution in [0.4, 0.5) is 0 Å². The lowest BCUT2D eigenvalue weighted by Gasteiger charge is -2.14. The van der Waals surface area contributed by atoms with Crippen molar-refractivity contribution in [1.29, 1.82) is 0 Å². The van der Waals surface area contributed by atoms with Gasteiger partial charge < -0.3 is 0 Å². The van der Waals surface area contributed by atoms with E-state index in [1.807, 2.05) is 22.7 Å². The van der Waals surface area contributed by atoms with Gasteiger partial charge in [0.05, 0.1) is 0 Å². The average Bonchev–Trinajstić information content (AvgIpc) is 3.85. The normalized spacial score (nSPS) is 11.9. The molecule has 0 radical (unpaired) electrons. The summed E-state index contributed by atoms with van der Waals surface area (Å²) in [6, 6.07) is 72.2. The molecule has 0 saturated carbocycles. The second-order valence-electron chi connectivity index (χ2n) is 14.8. The third kappa shape index (κ3) is 4.90. The first-order valence-corrected chi connectivity index (χ1v) is 20.8. The van der Waals surface area contributed by atoms with Crippen LogP contribution in [0.1, 0.15) is 0 Å². The smallest absolute Gasteiger partial charge is 0.0361 e. The van der Waals surface area contributed by atoms with Gasteiger partial charge in [0.1, 0.15) is 0 Å². The quantitative estimate of drug-likeness (QED) is 0.157. The van der Waals surface area contributed by atoms with Crippen molar-refractivity contribution >= 4 is 95.3 Å². The summed E-state index contributed by atoms with van der Waals surface area (Å²) >= 11 is 3.75. The summed E-state index contributed by atoms with van der Waals surface area (Å²) in [6.07, 6.45) is 0. The van der Waals surface area contributed by atoms with Gasteiger partial charge in [-0.15, -0.1) is 22.7 Å². The highest BCUT2D eigenvalue weighted by Gasteiger charge is 2.15. The molecular weight excluding hydrogens is 713 g/mol. The van der Waals surface area contributed by atoms with Gasteiger partial charge in [-0.25, -0.2) is 0 Å². The lowest BCUT2D eigenvalue weighted by molar-refractivity contribution is 1.63. The molecule has 0 amide bonds. The van der Waals surface area contributed by atoms with Crippen molar-refractivity contribution in [2.24, 2.45) is 0 Å². The molecule has 0 bridgehead atoms. The molecule has 0 unspecified atom stereocenters. The van der Waals surface area contributed by atoms with E-state index in [1.54, 1.807) is 0 Å². The molecule has 0 saturated heterocycles. The monoisotopic (exact) mass is 744 g/mol. The SMILES string of the molecule is c1cc(-c2ccc3c4ccc(-c5cccc(-c6cccc7sc8ccccc8c67)c5)cc4c4ccccc4c3c2)cc(-c2cccc3sc4ccccc4c23)c1. The summed E-state index contributed by atoms with van der Waals surface area (Å²) in [4.78, 5) is 0. The summed E-state index contributed by atoms with van der Waals surface area (Å²) < 4.78 is 5.33. The summed E-state index contributed by atoms with van der Waals surface area (Å²) in [7, 11) is 0. The van der Waals surface area contributed by atoms with Crippen LogP contribution in [0.2, 0.25) is 0 Å². The van der Waals surface area contributed by atoms with E-state index in [-0.39, 0.29) is 0 Å². The minimum Gasteiger partial charge on any atom is -0.135 e. The van der Waals surface area contributed by atoms with Crippen LogP contribution in [0, 0.1) is 0 Å². The second kappa shape index (κ2) is 12.5. The fourth-order valence-corrected chi connectivity index (χ4v) is 11.3. The number of rotatable bonds is 4. The second-order valence-corrected chi connectivity index (χ2v) is 16.9. The van der Waals surface area contributed by atoms with Crippen LogP contribution in [0.3, 0.4) is 0 Å². The maximum atomic E-state index is 2.41. The molecule has 0 nitrogen and oxygen atoms in total. The molecule has 0 aliphatic rings. The molecule has 0 spiro atoms. The Morgan fingerprint density at radius 2 is 0.571 bits per heavy atom. The zero-order chi connectivity index (χ0) is 36.7. The summed E-state index contributed by atoms with van der Waals surface area (Å²) in [5.41, 5.74) is 9.99. The standard InChI is InChI=1S/C54H32S2/c1-2-16-42-41(15-1)47-31-35(33-11-7-13-37(29-33)39-19-9-23-51-53(39)45-17-3-5-21-49(45)55-51)25-27-43(47)44-28-26-36(32-48(42)44)34-12-8-14-38(30-34)40-20-10-24-52-54(40)46-18-4-6-22-50(46)56-52/h1-32H. The van der Waals surface area contributed by atoms with Crippen molar-refractivity contribution in [3.8, 4) is 44.5 Å². The topological polar surface area (TPSA) is 0 Å². The Hall–Kier alpha value is -6.58. The van der Waals surface area contributed by atoms with Gasteiger partial charge in [0.2, 0.25) is 0 Å². The number of hydrogen-bond donors (Lipinski definition) is 0. The molecule has 2 heterocycles. The maximum absolute atomic E-state index is 2.41. The van der Waals surface area contributed by atoms with Gasteiger partial charge in [-0.1, -0.05) is 146 Å². The van der Waals surface area contributed by atoms with Crippen molar-refractivity contribution < 1.29 is 0 Å². The molecule has 0 aliphatic carbocycles. The highest BCUT2D eigenvalue weighted by atomic mass is 32.1. The van der Waals surface area contributed by atoms with E-state index in [0.29, 0.717) is 0 Å². The van der Waals surface area contributed by atoms with E-state index in [9.17, 15) is 0 Å². The Bertz CT molecular complexity index is 3290. The molecule has 56 heavy (non-hydrogen) atoms. The lowest BCUT2D eigenvalue weighted by Crippen LogP contribution is -1.87. The first kappa shape index (κ1) is 31.7. The molecule has 12 aromatic rings. The zero-order valence-corrected chi connectivity index (χ0v) is 31.9. The van der Waals surface area contributed by atoms with Crippen LogP contribution in [0.25, 0.3) is 117 Å². The largest absolute Gasteiger partial charge is 0.135 e.